The van der Waals surface area contributed by atoms with Crippen LogP contribution in [0.3, 0.4) is 0 Å². The first-order chi connectivity index (χ1) is 13.0. The summed E-state index contributed by atoms with van der Waals surface area (Å²) in [6.45, 7) is 2.79. The quantitative estimate of drug-likeness (QED) is 0.768. The molecular formula is C21H20N2O4. The van der Waals surface area contributed by atoms with E-state index in [-0.39, 0.29) is 17.8 Å². The van der Waals surface area contributed by atoms with E-state index in [9.17, 15) is 14.4 Å². The lowest BCUT2D eigenvalue weighted by molar-refractivity contribution is -0.116. The molecule has 2 aromatic carbocycles. The fourth-order valence-electron chi connectivity index (χ4n) is 3.88. The van der Waals surface area contributed by atoms with Crippen LogP contribution in [0.25, 0.3) is 0 Å². The van der Waals surface area contributed by atoms with Crippen LogP contribution in [-0.4, -0.2) is 38.0 Å². The van der Waals surface area contributed by atoms with Crippen LogP contribution in [0.4, 0.5) is 11.4 Å². The van der Waals surface area contributed by atoms with Gasteiger partial charge in [-0.1, -0.05) is 0 Å². The minimum Gasteiger partial charge on any atom is -0.465 e. The van der Waals surface area contributed by atoms with Crippen molar-refractivity contribution in [2.24, 2.45) is 0 Å². The third-order valence-corrected chi connectivity index (χ3v) is 5.24. The Balaban J connectivity index is 1.61. The minimum atomic E-state index is -0.378. The lowest BCUT2D eigenvalue weighted by Gasteiger charge is -2.19. The highest BCUT2D eigenvalue weighted by molar-refractivity contribution is 6.08. The van der Waals surface area contributed by atoms with Gasteiger partial charge in [-0.3, -0.25) is 9.59 Å². The molecule has 0 bridgehead atoms. The molecular weight excluding hydrogens is 344 g/mol. The molecule has 27 heavy (non-hydrogen) atoms. The molecule has 2 amide bonds. The largest absolute Gasteiger partial charge is 0.465 e. The second-order valence-electron chi connectivity index (χ2n) is 6.81. The monoisotopic (exact) mass is 364 g/mol. The predicted molar refractivity (Wildman–Crippen MR) is 101 cm³/mol. The average Bonchev–Trinajstić information content (AvgIpc) is 3.29. The van der Waals surface area contributed by atoms with Crippen molar-refractivity contribution in [1.29, 1.82) is 0 Å². The number of amides is 2. The molecule has 2 heterocycles. The van der Waals surface area contributed by atoms with E-state index in [1.807, 2.05) is 12.1 Å². The Bertz CT molecular complexity index is 967. The van der Waals surface area contributed by atoms with E-state index in [4.69, 9.17) is 4.74 Å². The first kappa shape index (κ1) is 17.3. The number of ether oxygens (including phenoxy) is 1. The van der Waals surface area contributed by atoms with Crippen LogP contribution < -0.4 is 9.80 Å². The van der Waals surface area contributed by atoms with Gasteiger partial charge >= 0.3 is 5.97 Å². The van der Waals surface area contributed by atoms with E-state index in [0.717, 1.165) is 28.9 Å². The maximum atomic E-state index is 13.1. The molecule has 0 fully saturated rings. The number of carbonyl (C=O) groups is 3. The van der Waals surface area contributed by atoms with E-state index in [1.165, 1.54) is 7.11 Å². The molecule has 0 saturated carbocycles. The van der Waals surface area contributed by atoms with Crippen LogP contribution in [0.15, 0.2) is 36.4 Å². The van der Waals surface area contributed by atoms with Crippen molar-refractivity contribution >= 4 is 29.2 Å². The Morgan fingerprint density at radius 1 is 0.852 bits per heavy atom. The highest BCUT2D eigenvalue weighted by atomic mass is 16.5. The number of esters is 1. The van der Waals surface area contributed by atoms with E-state index < -0.39 is 0 Å². The lowest BCUT2D eigenvalue weighted by atomic mass is 10.1. The fraction of sp³-hybridized carbons (Fsp3) is 0.286. The number of benzene rings is 2. The normalized spacial score (nSPS) is 14.7. The van der Waals surface area contributed by atoms with E-state index in [0.29, 0.717) is 30.6 Å². The molecule has 2 aliphatic rings. The van der Waals surface area contributed by atoms with Crippen LogP contribution >= 0.6 is 0 Å². The minimum absolute atomic E-state index is 0.0164. The number of methoxy groups -OCH3 is 1. The molecule has 2 aromatic rings. The first-order valence-electron chi connectivity index (χ1n) is 8.93. The summed E-state index contributed by atoms with van der Waals surface area (Å²) in [7, 11) is 1.35. The summed E-state index contributed by atoms with van der Waals surface area (Å²) in [6, 6.07) is 10.8. The van der Waals surface area contributed by atoms with Crippen LogP contribution in [0.2, 0.25) is 0 Å². The molecule has 0 N–H and O–H groups in total. The molecule has 0 aromatic heterocycles. The Morgan fingerprint density at radius 3 is 2.04 bits per heavy atom. The van der Waals surface area contributed by atoms with Crippen LogP contribution in [-0.2, 0) is 22.4 Å². The molecule has 4 rings (SSSR count). The molecule has 138 valence electrons. The van der Waals surface area contributed by atoms with Crippen LogP contribution in [0, 0.1) is 0 Å². The van der Waals surface area contributed by atoms with Gasteiger partial charge in [-0.25, -0.2) is 4.79 Å². The number of nitrogens with zero attached hydrogens (tertiary/aromatic N) is 2. The smallest absolute Gasteiger partial charge is 0.337 e. The molecule has 6 heteroatoms. The number of anilines is 2. The zero-order valence-corrected chi connectivity index (χ0v) is 15.3. The van der Waals surface area contributed by atoms with Gasteiger partial charge in [0.05, 0.1) is 12.7 Å². The van der Waals surface area contributed by atoms with Gasteiger partial charge in [-0.15, -0.1) is 0 Å². The van der Waals surface area contributed by atoms with Gasteiger partial charge < -0.3 is 14.5 Å². The predicted octanol–water partition coefficient (Wildman–Crippen LogP) is 2.59. The molecule has 0 unspecified atom stereocenters. The van der Waals surface area contributed by atoms with Crippen molar-refractivity contribution in [3.63, 3.8) is 0 Å². The highest BCUT2D eigenvalue weighted by Gasteiger charge is 2.28. The summed E-state index contributed by atoms with van der Waals surface area (Å²) in [4.78, 5) is 39.9. The standard InChI is InChI=1S/C21H20N2O4/c1-13(24)22-9-7-14-11-16(3-5-18(14)22)20(25)23-10-8-15-12-17(21(26)27-2)4-6-19(15)23/h3-6,11-12H,7-10H2,1-2H3. The summed E-state index contributed by atoms with van der Waals surface area (Å²) in [5, 5.41) is 0. The highest BCUT2D eigenvalue weighted by Crippen LogP contribution is 2.33. The van der Waals surface area contributed by atoms with Crippen molar-refractivity contribution in [1.82, 2.24) is 0 Å². The lowest BCUT2D eigenvalue weighted by Crippen LogP contribution is -2.29. The summed E-state index contributed by atoms with van der Waals surface area (Å²) in [5.41, 5.74) is 4.82. The van der Waals surface area contributed by atoms with Crippen molar-refractivity contribution in [2.45, 2.75) is 19.8 Å². The molecule has 0 saturated heterocycles. The molecule has 6 nitrogen and oxygen atoms in total. The van der Waals surface area contributed by atoms with Crippen molar-refractivity contribution in [3.05, 3.63) is 58.7 Å². The van der Waals surface area contributed by atoms with Crippen molar-refractivity contribution < 1.29 is 19.1 Å². The second kappa shape index (κ2) is 6.54. The average molecular weight is 364 g/mol. The Hall–Kier alpha value is -3.15. The summed E-state index contributed by atoms with van der Waals surface area (Å²) >= 11 is 0. The number of rotatable bonds is 2. The third-order valence-electron chi connectivity index (χ3n) is 5.24. The van der Waals surface area contributed by atoms with E-state index in [2.05, 4.69) is 0 Å². The maximum Gasteiger partial charge on any atom is 0.337 e. The van der Waals surface area contributed by atoms with Gasteiger partial charge in [-0.05, 0) is 60.4 Å². The Labute approximate surface area is 157 Å². The van der Waals surface area contributed by atoms with Crippen LogP contribution in [0.1, 0.15) is 38.8 Å². The van der Waals surface area contributed by atoms with Gasteiger partial charge in [0, 0.05) is 37.0 Å². The van der Waals surface area contributed by atoms with Crippen LogP contribution in [0.5, 0.6) is 0 Å². The third kappa shape index (κ3) is 2.87. The number of hydrogen-bond donors (Lipinski definition) is 0. The van der Waals surface area contributed by atoms with Gasteiger partial charge in [0.25, 0.3) is 5.91 Å². The topological polar surface area (TPSA) is 66.9 Å². The molecule has 0 aliphatic carbocycles. The van der Waals surface area contributed by atoms with E-state index in [1.54, 1.807) is 41.0 Å². The SMILES string of the molecule is COC(=O)c1ccc2c(c1)CCN2C(=O)c1ccc2c(c1)CCN2C(C)=O. The Kier molecular flexibility index (Phi) is 4.18. The summed E-state index contributed by atoms with van der Waals surface area (Å²) in [6.07, 6.45) is 1.46. The molecule has 0 spiro atoms. The van der Waals surface area contributed by atoms with Crippen molar-refractivity contribution in [2.75, 3.05) is 30.0 Å². The first-order valence-corrected chi connectivity index (χ1v) is 8.93. The molecule has 2 aliphatic heterocycles. The number of fused-ring (bicyclic) bond motifs is 2. The van der Waals surface area contributed by atoms with E-state index >= 15 is 0 Å². The number of carbonyl (C=O) groups excluding carboxylic acids is 3. The second-order valence-corrected chi connectivity index (χ2v) is 6.81. The zero-order valence-electron chi connectivity index (χ0n) is 15.3. The van der Waals surface area contributed by atoms with Gasteiger partial charge in [0.15, 0.2) is 0 Å². The van der Waals surface area contributed by atoms with Gasteiger partial charge in [-0.2, -0.15) is 0 Å². The molecule has 0 radical (unpaired) electrons. The molecule has 0 atom stereocenters. The maximum absolute atomic E-state index is 13.1. The van der Waals surface area contributed by atoms with Gasteiger partial charge in [0.1, 0.15) is 0 Å². The summed E-state index contributed by atoms with van der Waals surface area (Å²) in [5.74, 6) is -0.428. The fourth-order valence-corrected chi connectivity index (χ4v) is 3.88. The van der Waals surface area contributed by atoms with Crippen molar-refractivity contribution in [3.8, 4) is 0 Å². The number of hydrogen-bond acceptors (Lipinski definition) is 4. The Morgan fingerprint density at radius 2 is 1.41 bits per heavy atom. The summed E-state index contributed by atoms with van der Waals surface area (Å²) < 4.78 is 4.76. The zero-order chi connectivity index (χ0) is 19.1. The van der Waals surface area contributed by atoms with Gasteiger partial charge in [0.2, 0.25) is 5.91 Å².